The third-order valence-corrected chi connectivity index (χ3v) is 9.47. The number of nitrogens with two attached hydrogens (primary N) is 1. The number of hydrogen-bond donors (Lipinski definition) is 5. The van der Waals surface area contributed by atoms with Gasteiger partial charge in [0.15, 0.2) is 53.0 Å². The zero-order chi connectivity index (χ0) is 32.1. The minimum Gasteiger partial charge on any atom is -0.396 e. The molecule has 0 radical (unpaired) electrons. The number of thiol groups is 1. The second-order valence-electron chi connectivity index (χ2n) is 9.96. The van der Waals surface area contributed by atoms with E-state index in [9.17, 15) is 19.4 Å². The van der Waals surface area contributed by atoms with Crippen LogP contribution in [-0.2, 0) is 39.4 Å². The molecule has 2 unspecified atom stereocenters. The summed E-state index contributed by atoms with van der Waals surface area (Å²) in [6, 6.07) is 0. The molecule has 2 fully saturated rings. The van der Waals surface area contributed by atoms with Crippen LogP contribution in [-0.4, -0.2) is 99.0 Å². The summed E-state index contributed by atoms with van der Waals surface area (Å²) in [5.74, 6) is 0.0435. The van der Waals surface area contributed by atoms with E-state index < -0.39 is 88.4 Å². The highest BCUT2D eigenvalue weighted by Gasteiger charge is 2.55. The van der Waals surface area contributed by atoms with Crippen LogP contribution in [0, 0.1) is 0 Å². The highest BCUT2D eigenvalue weighted by atomic mass is 32.7. The molecule has 0 saturated carbocycles. The number of aliphatic hydroxyl groups excluding tert-OH is 1. The zero-order valence-electron chi connectivity index (χ0n) is 22.6. The molecule has 2 saturated heterocycles. The topological polar surface area (TPSA) is 237 Å². The van der Waals surface area contributed by atoms with Crippen LogP contribution in [0.1, 0.15) is 18.9 Å². The summed E-state index contributed by atoms with van der Waals surface area (Å²) in [5, 5.41) is 9.53. The van der Waals surface area contributed by atoms with Crippen molar-refractivity contribution in [2.45, 2.75) is 49.0 Å². The Hall–Kier alpha value is -2.62. The lowest BCUT2D eigenvalue weighted by atomic mass is 9.97. The maximum absolute atomic E-state index is 16.1. The number of aromatic nitrogens is 8. The van der Waals surface area contributed by atoms with Crippen molar-refractivity contribution >= 4 is 66.1 Å². The molecule has 6 rings (SSSR count). The monoisotopic (exact) mass is 710 g/mol. The summed E-state index contributed by atoms with van der Waals surface area (Å²) in [6.45, 7) is -6.28. The van der Waals surface area contributed by atoms with E-state index in [-0.39, 0.29) is 28.1 Å². The molecule has 0 amide bonds. The van der Waals surface area contributed by atoms with Crippen molar-refractivity contribution in [1.29, 1.82) is 0 Å². The molecule has 242 valence electrons. The van der Waals surface area contributed by atoms with E-state index in [1.54, 1.807) is 0 Å². The maximum atomic E-state index is 16.1. The summed E-state index contributed by atoms with van der Waals surface area (Å²) in [5.41, 5.74) is 3.15. The van der Waals surface area contributed by atoms with Gasteiger partial charge in [-0.2, -0.15) is 0 Å². The van der Waals surface area contributed by atoms with Crippen molar-refractivity contribution in [3.05, 3.63) is 35.7 Å². The van der Waals surface area contributed by atoms with Crippen LogP contribution in [0.5, 0.6) is 0 Å². The Labute approximate surface area is 261 Å². The largest absolute Gasteiger partial charge is 0.582 e. The summed E-state index contributed by atoms with van der Waals surface area (Å²) in [4.78, 5) is 45.6. The van der Waals surface area contributed by atoms with Gasteiger partial charge in [-0.1, -0.05) is 0 Å². The number of hydrogen-bond acceptors (Lipinski definition) is 15. The maximum Gasteiger partial charge on any atom is 0.582 e. The van der Waals surface area contributed by atoms with Crippen molar-refractivity contribution in [2.24, 2.45) is 0 Å². The van der Waals surface area contributed by atoms with Gasteiger partial charge >= 0.3 is 13.9 Å². The molecule has 0 spiro atoms. The van der Waals surface area contributed by atoms with Crippen LogP contribution in [0.2, 0.25) is 0 Å². The molecular formula is C21H24F2N9O9P2S2+. The molecule has 9 atom stereocenters. The number of rotatable bonds is 11. The van der Waals surface area contributed by atoms with Gasteiger partial charge in [-0.3, -0.25) is 18.5 Å². The van der Waals surface area contributed by atoms with Gasteiger partial charge in [0.1, 0.15) is 36.3 Å². The Bertz CT molecular complexity index is 1850. The lowest BCUT2D eigenvalue weighted by Crippen LogP contribution is -2.41. The molecule has 4 aromatic heterocycles. The van der Waals surface area contributed by atoms with Gasteiger partial charge in [0.25, 0.3) is 5.56 Å². The Kier molecular flexibility index (Phi) is 9.00. The Balaban J connectivity index is 1.23. The van der Waals surface area contributed by atoms with Crippen LogP contribution < -0.4 is 11.3 Å². The number of aliphatic hydroxyl groups is 1. The summed E-state index contributed by atoms with van der Waals surface area (Å²) in [7, 11) is -2.63. The highest BCUT2D eigenvalue weighted by Crippen LogP contribution is 2.53. The molecular weight excluding hydrogens is 686 g/mol. The molecule has 18 nitrogen and oxygen atoms in total. The van der Waals surface area contributed by atoms with E-state index >= 15 is 8.78 Å². The number of nitrogens with one attached hydrogen (secondary N) is 1. The zero-order valence-corrected chi connectivity index (χ0v) is 26.1. The minimum atomic E-state index is -4.41. The smallest absolute Gasteiger partial charge is 0.396 e. The number of imidazole rings is 2. The molecule has 5 N–H and O–H groups in total. The third-order valence-electron chi connectivity index (χ3n) is 7.22. The number of alkyl halides is 2. The average molecular weight is 711 g/mol. The van der Waals surface area contributed by atoms with Crippen molar-refractivity contribution < 1.29 is 46.4 Å². The third kappa shape index (κ3) is 6.12. The Morgan fingerprint density at radius 1 is 1.22 bits per heavy atom. The van der Waals surface area contributed by atoms with Crippen LogP contribution in [0.3, 0.4) is 0 Å². The summed E-state index contributed by atoms with van der Waals surface area (Å²) in [6.07, 6.45) is -5.14. The highest BCUT2D eigenvalue weighted by molar-refractivity contribution is 8.39. The molecule has 6 heterocycles. The first kappa shape index (κ1) is 32.3. The second kappa shape index (κ2) is 12.5. The Morgan fingerprint density at radius 3 is 2.67 bits per heavy atom. The molecule has 0 aliphatic carbocycles. The number of H-pyrrole nitrogens is 1. The predicted molar refractivity (Wildman–Crippen MR) is 156 cm³/mol. The normalized spacial score (nSPS) is 30.3. The van der Waals surface area contributed by atoms with Crippen LogP contribution >= 0.6 is 26.2 Å². The van der Waals surface area contributed by atoms with Crippen LogP contribution in [0.25, 0.3) is 22.3 Å². The van der Waals surface area contributed by atoms with Gasteiger partial charge in [0.2, 0.25) is 0 Å². The van der Waals surface area contributed by atoms with E-state index in [1.165, 1.54) is 21.8 Å². The molecule has 24 heteroatoms. The number of halogens is 2. The first-order valence-electron chi connectivity index (χ1n) is 13.0. The first-order valence-corrected chi connectivity index (χ1v) is 17.9. The number of anilines is 1. The number of aromatic amines is 1. The molecule has 4 aromatic rings. The summed E-state index contributed by atoms with van der Waals surface area (Å²) < 4.78 is 73.8. The summed E-state index contributed by atoms with van der Waals surface area (Å²) >= 11 is 8.89. The van der Waals surface area contributed by atoms with Gasteiger partial charge in [-0.15, -0.1) is 4.52 Å². The second-order valence-corrected chi connectivity index (χ2v) is 14.4. The predicted octanol–water partition coefficient (Wildman–Crippen LogP) is 0.988. The fourth-order valence-electron chi connectivity index (χ4n) is 5.15. The number of fused-ring (bicyclic) bond motifs is 2. The van der Waals surface area contributed by atoms with Crippen LogP contribution in [0.15, 0.2) is 30.1 Å². The van der Waals surface area contributed by atoms with Crippen LogP contribution in [0.4, 0.5) is 14.6 Å². The Morgan fingerprint density at radius 2 is 1.93 bits per heavy atom. The molecule has 45 heavy (non-hydrogen) atoms. The molecule has 0 bridgehead atoms. The van der Waals surface area contributed by atoms with Gasteiger partial charge in [0, 0.05) is 13.0 Å². The molecule has 2 aliphatic heterocycles. The van der Waals surface area contributed by atoms with Gasteiger partial charge in [-0.05, 0) is 16.4 Å². The van der Waals surface area contributed by atoms with Gasteiger partial charge in [-0.25, -0.2) is 33.7 Å². The van der Waals surface area contributed by atoms with E-state index in [2.05, 4.69) is 42.2 Å². The number of nitrogen functional groups attached to an aromatic ring is 1. The molecule has 2 aliphatic rings. The SMILES string of the molecule is Nc1ncnc2c1ncn2[C@@H]1O[C@H](COP(O)(=S)O[C@H]2[C@H](n3cnc4c(=O)[nH]cnc43)OC[C@]2(F)CCO)[C@@H](O[P+](=O)S)[C@@H]1F. The standard InChI is InChI=1S/C21H23F2N9O9P2S2/c22-10-13(40-42(35)44)9(39-19(10)31-7-29-11-15(24)25-5-26-16(11)31)3-38-43(36,45)41-14-20(37-4-21(14,23)1-2-33)32-8-30-12-17(32)27-6-28-18(12)34/h5-10,13-14,19-20,33H,1-4H2,(H4-,24,25,26,27,28,34,35,36,44,45)/p+1/t9-,10+,13-,14+,19-,20-,21-,43?/m1/s1. The van der Waals surface area contributed by atoms with E-state index in [4.69, 9.17) is 40.6 Å². The van der Waals surface area contributed by atoms with Gasteiger partial charge in [0.05, 0.1) is 32.2 Å². The number of ether oxygens (including phenoxy) is 2. The fourth-order valence-corrected chi connectivity index (χ4v) is 7.38. The number of nitrogens with zero attached hydrogens (tertiary/aromatic N) is 7. The quantitative estimate of drug-likeness (QED) is 0.108. The van der Waals surface area contributed by atoms with E-state index in [0.717, 1.165) is 12.7 Å². The van der Waals surface area contributed by atoms with Crippen molar-refractivity contribution in [2.75, 3.05) is 25.6 Å². The van der Waals surface area contributed by atoms with Crippen molar-refractivity contribution in [1.82, 2.24) is 39.0 Å². The molecule has 0 aromatic carbocycles. The lowest BCUT2D eigenvalue weighted by molar-refractivity contribution is -0.0509. The van der Waals surface area contributed by atoms with Crippen molar-refractivity contribution in [3.8, 4) is 0 Å². The average Bonchev–Trinajstić information content (AvgIpc) is 3.74. The first-order chi connectivity index (χ1) is 21.4. The fraction of sp³-hybridized carbons (Fsp3) is 0.524. The van der Waals surface area contributed by atoms with E-state index in [1.807, 2.05) is 0 Å². The lowest BCUT2D eigenvalue weighted by Gasteiger charge is -2.31. The van der Waals surface area contributed by atoms with Gasteiger partial charge < -0.3 is 34.7 Å². The van der Waals surface area contributed by atoms with E-state index in [0.29, 0.717) is 0 Å². The van der Waals surface area contributed by atoms with Crippen molar-refractivity contribution in [3.63, 3.8) is 0 Å². The minimum absolute atomic E-state index is 0.0250.